The second kappa shape index (κ2) is 5.60. The van der Waals surface area contributed by atoms with E-state index in [1.165, 1.54) is 4.88 Å². The number of hydrogen-bond donors (Lipinski definition) is 1. The van der Waals surface area contributed by atoms with Crippen molar-refractivity contribution in [1.29, 1.82) is 0 Å². The van der Waals surface area contributed by atoms with E-state index < -0.39 is 0 Å². The van der Waals surface area contributed by atoms with Crippen LogP contribution in [0.1, 0.15) is 26.4 Å². The number of amides is 1. The van der Waals surface area contributed by atoms with Gasteiger partial charge in [0.15, 0.2) is 0 Å². The maximum Gasteiger partial charge on any atom is 0.271 e. The predicted octanol–water partition coefficient (Wildman–Crippen LogP) is 3.13. The summed E-state index contributed by atoms with van der Waals surface area (Å²) < 4.78 is 0. The van der Waals surface area contributed by atoms with Crippen LogP contribution in [0, 0.1) is 13.8 Å². The minimum atomic E-state index is -0.195. The minimum absolute atomic E-state index is 0.195. The van der Waals surface area contributed by atoms with Gasteiger partial charge < -0.3 is 0 Å². The van der Waals surface area contributed by atoms with Gasteiger partial charge in [-0.1, -0.05) is 17.7 Å². The monoisotopic (exact) mass is 258 g/mol. The Morgan fingerprint density at radius 2 is 1.94 bits per heavy atom. The van der Waals surface area contributed by atoms with Gasteiger partial charge in [0.2, 0.25) is 0 Å². The number of aryl methyl sites for hydroxylation is 2. The molecule has 2 rings (SSSR count). The molecule has 18 heavy (non-hydrogen) atoms. The van der Waals surface area contributed by atoms with E-state index in [9.17, 15) is 4.79 Å². The maximum absolute atomic E-state index is 11.7. The van der Waals surface area contributed by atoms with Crippen LogP contribution in [0.15, 0.2) is 40.8 Å². The Morgan fingerprint density at radius 1 is 1.22 bits per heavy atom. The molecule has 0 radical (unpaired) electrons. The molecule has 0 fully saturated rings. The van der Waals surface area contributed by atoms with Crippen LogP contribution in [0.3, 0.4) is 0 Å². The maximum atomic E-state index is 11.7. The number of hydrogen-bond acceptors (Lipinski definition) is 3. The van der Waals surface area contributed by atoms with Gasteiger partial charge in [-0.25, -0.2) is 5.43 Å². The normalized spacial score (nSPS) is 10.8. The summed E-state index contributed by atoms with van der Waals surface area (Å²) in [6.07, 6.45) is 1.66. The lowest BCUT2D eigenvalue weighted by atomic mass is 10.1. The summed E-state index contributed by atoms with van der Waals surface area (Å²) in [6, 6.07) is 9.36. The lowest BCUT2D eigenvalue weighted by Crippen LogP contribution is -2.17. The molecule has 0 atom stereocenters. The van der Waals surface area contributed by atoms with Crippen molar-refractivity contribution < 1.29 is 4.79 Å². The second-order valence-corrected chi connectivity index (χ2v) is 5.12. The van der Waals surface area contributed by atoms with Crippen LogP contribution in [0.25, 0.3) is 0 Å². The third kappa shape index (κ3) is 3.05. The molecule has 1 aromatic carbocycles. The lowest BCUT2D eigenvalue weighted by Gasteiger charge is -1.99. The molecule has 0 saturated heterocycles. The number of thiophene rings is 1. The summed E-state index contributed by atoms with van der Waals surface area (Å²) in [5, 5.41) is 5.95. The van der Waals surface area contributed by atoms with Crippen molar-refractivity contribution in [2.75, 3.05) is 0 Å². The van der Waals surface area contributed by atoms with Crippen LogP contribution in [0.4, 0.5) is 0 Å². The molecule has 0 saturated carbocycles. The fourth-order valence-electron chi connectivity index (χ4n) is 1.46. The molecule has 1 aromatic heterocycles. The van der Waals surface area contributed by atoms with Gasteiger partial charge in [-0.3, -0.25) is 4.79 Å². The SMILES string of the molecule is Cc1ccc(C(=O)NN=Cc2ccsc2C)cc1. The smallest absolute Gasteiger partial charge is 0.267 e. The first-order chi connectivity index (χ1) is 8.66. The van der Waals surface area contributed by atoms with Crippen molar-refractivity contribution in [1.82, 2.24) is 5.43 Å². The molecule has 1 N–H and O–H groups in total. The fraction of sp³-hybridized carbons (Fsp3) is 0.143. The van der Waals surface area contributed by atoms with Crippen molar-refractivity contribution in [2.45, 2.75) is 13.8 Å². The van der Waals surface area contributed by atoms with E-state index in [4.69, 9.17) is 0 Å². The second-order valence-electron chi connectivity index (χ2n) is 4.00. The van der Waals surface area contributed by atoms with Crippen LogP contribution < -0.4 is 5.43 Å². The number of nitrogens with one attached hydrogen (secondary N) is 1. The minimum Gasteiger partial charge on any atom is -0.267 e. The lowest BCUT2D eigenvalue weighted by molar-refractivity contribution is 0.0955. The van der Waals surface area contributed by atoms with Gasteiger partial charge in [0.1, 0.15) is 0 Å². The van der Waals surface area contributed by atoms with E-state index in [0.29, 0.717) is 5.56 Å². The van der Waals surface area contributed by atoms with Crippen molar-refractivity contribution in [3.63, 3.8) is 0 Å². The first kappa shape index (κ1) is 12.5. The van der Waals surface area contributed by atoms with Gasteiger partial charge in [0, 0.05) is 16.0 Å². The molecule has 0 aliphatic carbocycles. The average Bonchev–Trinajstić information content (AvgIpc) is 2.76. The van der Waals surface area contributed by atoms with Crippen LogP contribution in [0.5, 0.6) is 0 Å². The first-order valence-electron chi connectivity index (χ1n) is 5.61. The fourth-order valence-corrected chi connectivity index (χ4v) is 2.13. The Labute approximate surface area is 110 Å². The number of nitrogens with zero attached hydrogens (tertiary/aromatic N) is 1. The van der Waals surface area contributed by atoms with Crippen molar-refractivity contribution >= 4 is 23.5 Å². The zero-order valence-corrected chi connectivity index (χ0v) is 11.1. The summed E-state index contributed by atoms with van der Waals surface area (Å²) in [5.74, 6) is -0.195. The van der Waals surface area contributed by atoms with Crippen molar-refractivity contribution in [3.8, 4) is 0 Å². The number of benzene rings is 1. The van der Waals surface area contributed by atoms with Gasteiger partial charge >= 0.3 is 0 Å². The molecule has 1 amide bonds. The Hall–Kier alpha value is -1.94. The highest BCUT2D eigenvalue weighted by Crippen LogP contribution is 2.12. The van der Waals surface area contributed by atoms with Crippen LogP contribution >= 0.6 is 11.3 Å². The summed E-state index contributed by atoms with van der Waals surface area (Å²) in [7, 11) is 0. The topological polar surface area (TPSA) is 41.5 Å². The molecule has 0 spiro atoms. The number of carbonyl (C=O) groups is 1. The van der Waals surface area contributed by atoms with Crippen LogP contribution in [-0.2, 0) is 0 Å². The van der Waals surface area contributed by atoms with Crippen molar-refractivity contribution in [3.05, 3.63) is 57.3 Å². The molecule has 3 nitrogen and oxygen atoms in total. The molecule has 0 aliphatic heterocycles. The summed E-state index contributed by atoms with van der Waals surface area (Å²) in [4.78, 5) is 12.9. The Bertz CT molecular complexity index is 570. The van der Waals surface area contributed by atoms with E-state index in [2.05, 4.69) is 10.5 Å². The Morgan fingerprint density at radius 3 is 2.56 bits per heavy atom. The van der Waals surface area contributed by atoms with Gasteiger partial charge in [-0.15, -0.1) is 11.3 Å². The first-order valence-corrected chi connectivity index (χ1v) is 6.49. The summed E-state index contributed by atoms with van der Waals surface area (Å²) in [5.41, 5.74) is 5.29. The van der Waals surface area contributed by atoms with Crippen LogP contribution in [-0.4, -0.2) is 12.1 Å². The van der Waals surface area contributed by atoms with E-state index in [0.717, 1.165) is 11.1 Å². The molecule has 2 aromatic rings. The largest absolute Gasteiger partial charge is 0.271 e. The Balaban J connectivity index is 1.98. The number of hydrazone groups is 1. The predicted molar refractivity (Wildman–Crippen MR) is 75.3 cm³/mol. The van der Waals surface area contributed by atoms with Crippen LogP contribution in [0.2, 0.25) is 0 Å². The van der Waals surface area contributed by atoms with E-state index in [1.54, 1.807) is 29.7 Å². The van der Waals surface area contributed by atoms with E-state index in [1.807, 2.05) is 37.4 Å². The molecule has 92 valence electrons. The highest BCUT2D eigenvalue weighted by atomic mass is 32.1. The molecule has 4 heteroatoms. The highest BCUT2D eigenvalue weighted by Gasteiger charge is 2.02. The van der Waals surface area contributed by atoms with Gasteiger partial charge in [0.05, 0.1) is 6.21 Å². The van der Waals surface area contributed by atoms with Crippen molar-refractivity contribution in [2.24, 2.45) is 5.10 Å². The third-order valence-electron chi connectivity index (χ3n) is 2.58. The van der Waals surface area contributed by atoms with E-state index >= 15 is 0 Å². The molecular formula is C14H14N2OS. The van der Waals surface area contributed by atoms with Gasteiger partial charge in [-0.05, 0) is 37.4 Å². The molecule has 0 bridgehead atoms. The van der Waals surface area contributed by atoms with Gasteiger partial charge in [-0.2, -0.15) is 5.10 Å². The Kier molecular flexibility index (Phi) is 3.89. The zero-order chi connectivity index (χ0) is 13.0. The zero-order valence-electron chi connectivity index (χ0n) is 10.3. The molecule has 1 heterocycles. The summed E-state index contributed by atoms with van der Waals surface area (Å²) in [6.45, 7) is 4.01. The number of rotatable bonds is 3. The number of carbonyl (C=O) groups excluding carboxylic acids is 1. The molecular weight excluding hydrogens is 244 g/mol. The quantitative estimate of drug-likeness (QED) is 0.667. The highest BCUT2D eigenvalue weighted by molar-refractivity contribution is 7.10. The standard InChI is InChI=1S/C14H14N2OS/c1-10-3-5-12(6-4-10)14(17)16-15-9-13-7-8-18-11(13)2/h3-9H,1-2H3,(H,16,17). The third-order valence-corrected chi connectivity index (χ3v) is 3.44. The molecule has 0 aliphatic rings. The average molecular weight is 258 g/mol. The van der Waals surface area contributed by atoms with E-state index in [-0.39, 0.29) is 5.91 Å². The van der Waals surface area contributed by atoms with Gasteiger partial charge in [0.25, 0.3) is 5.91 Å². The molecule has 0 unspecified atom stereocenters. The summed E-state index contributed by atoms with van der Waals surface area (Å²) >= 11 is 1.66.